The van der Waals surface area contributed by atoms with E-state index in [2.05, 4.69) is 24.0 Å². The van der Waals surface area contributed by atoms with Crippen LogP contribution in [0.4, 0.5) is 0 Å². The van der Waals surface area contributed by atoms with E-state index >= 15 is 0 Å². The van der Waals surface area contributed by atoms with Crippen molar-refractivity contribution in [3.8, 4) is 11.4 Å². The van der Waals surface area contributed by atoms with Gasteiger partial charge in [-0.3, -0.25) is 4.79 Å². The molecule has 34 heavy (non-hydrogen) atoms. The van der Waals surface area contributed by atoms with Gasteiger partial charge in [0.25, 0.3) is 0 Å². The highest BCUT2D eigenvalue weighted by Crippen LogP contribution is 2.36. The maximum absolute atomic E-state index is 12.3. The summed E-state index contributed by atoms with van der Waals surface area (Å²) < 4.78 is 5.43. The maximum atomic E-state index is 12.3. The number of phenolic OH excluding ortho intramolecular Hbond substituents is 1. The van der Waals surface area contributed by atoms with Gasteiger partial charge in [-0.2, -0.15) is 0 Å². The molecule has 0 amide bonds. The van der Waals surface area contributed by atoms with Crippen LogP contribution in [0.5, 0.6) is 5.75 Å². The lowest BCUT2D eigenvalue weighted by Gasteiger charge is -2.23. The van der Waals surface area contributed by atoms with Crippen LogP contribution in [-0.2, 0) is 21.4 Å². The van der Waals surface area contributed by atoms with Crippen LogP contribution in [0, 0.1) is 5.92 Å². The van der Waals surface area contributed by atoms with Crippen molar-refractivity contribution in [3.05, 3.63) is 46.5 Å². The van der Waals surface area contributed by atoms with Gasteiger partial charge in [0, 0.05) is 17.0 Å². The monoisotopic (exact) mass is 485 g/mol. The lowest BCUT2D eigenvalue weighted by molar-refractivity contribution is -0.143. The lowest BCUT2D eigenvalue weighted by atomic mass is 9.84. The lowest BCUT2D eigenvalue weighted by Crippen LogP contribution is -2.14. The molecule has 1 heterocycles. The highest BCUT2D eigenvalue weighted by molar-refractivity contribution is 6.31. The topological polar surface area (TPSA) is 77.2 Å². The fourth-order valence-electron chi connectivity index (χ4n) is 3.88. The Labute approximate surface area is 207 Å². The Morgan fingerprint density at radius 3 is 2.53 bits per heavy atom. The van der Waals surface area contributed by atoms with Crippen LogP contribution in [0.2, 0.25) is 5.02 Å². The molecule has 0 aliphatic heterocycles. The van der Waals surface area contributed by atoms with Gasteiger partial charge in [-0.25, -0.2) is 0 Å². The molecule has 184 valence electrons. The SMILES string of the molecule is CC(C)CCCCCOC(=O)CCc1cc(-n2nc3ccc(Cl)cc3n2)c(O)c(C(C)(C)C)c1. The predicted molar refractivity (Wildman–Crippen MR) is 137 cm³/mol. The van der Waals surface area contributed by atoms with E-state index in [1.54, 1.807) is 18.2 Å². The van der Waals surface area contributed by atoms with Crippen LogP contribution in [0.1, 0.15) is 77.8 Å². The number of halogens is 1. The standard InChI is InChI=1S/C27H36ClN3O3/c1-18(2)9-7-6-8-14-34-25(32)13-10-19-15-21(27(3,4)5)26(33)24(16-19)31-29-22-12-11-20(28)17-23(22)30-31/h11-12,15-18,33H,6-10,13-14H2,1-5H3. The zero-order valence-corrected chi connectivity index (χ0v) is 21.7. The molecular weight excluding hydrogens is 450 g/mol. The molecule has 1 aromatic heterocycles. The first-order valence-corrected chi connectivity index (χ1v) is 12.5. The van der Waals surface area contributed by atoms with Gasteiger partial charge in [-0.05, 0) is 54.0 Å². The van der Waals surface area contributed by atoms with E-state index in [0.29, 0.717) is 40.7 Å². The Balaban J connectivity index is 1.73. The van der Waals surface area contributed by atoms with Crippen molar-refractivity contribution in [2.75, 3.05) is 6.61 Å². The molecule has 0 atom stereocenters. The van der Waals surface area contributed by atoms with E-state index in [-0.39, 0.29) is 23.6 Å². The van der Waals surface area contributed by atoms with Gasteiger partial charge in [-0.1, -0.05) is 71.5 Å². The third-order valence-corrected chi connectivity index (χ3v) is 6.06. The average molecular weight is 486 g/mol. The fourth-order valence-corrected chi connectivity index (χ4v) is 4.04. The second-order valence-electron chi connectivity index (χ2n) is 10.3. The first-order valence-electron chi connectivity index (χ1n) is 12.1. The number of nitrogens with zero attached hydrogens (tertiary/aromatic N) is 3. The van der Waals surface area contributed by atoms with E-state index in [4.69, 9.17) is 16.3 Å². The summed E-state index contributed by atoms with van der Waals surface area (Å²) in [7, 11) is 0. The van der Waals surface area contributed by atoms with Crippen molar-refractivity contribution in [1.29, 1.82) is 0 Å². The third-order valence-electron chi connectivity index (χ3n) is 5.82. The number of unbranched alkanes of at least 4 members (excludes halogenated alkanes) is 2. The first-order chi connectivity index (χ1) is 16.0. The summed E-state index contributed by atoms with van der Waals surface area (Å²) in [5.74, 6) is 0.642. The summed E-state index contributed by atoms with van der Waals surface area (Å²) in [6.07, 6.45) is 5.15. The number of carbonyl (C=O) groups is 1. The molecule has 0 aliphatic carbocycles. The van der Waals surface area contributed by atoms with E-state index < -0.39 is 0 Å². The second kappa shape index (κ2) is 11.2. The van der Waals surface area contributed by atoms with Gasteiger partial charge >= 0.3 is 5.97 Å². The third kappa shape index (κ3) is 6.95. The number of rotatable bonds is 10. The molecule has 0 radical (unpaired) electrons. The molecule has 0 saturated heterocycles. The normalized spacial score (nSPS) is 12.0. The van der Waals surface area contributed by atoms with E-state index in [9.17, 15) is 9.90 Å². The summed E-state index contributed by atoms with van der Waals surface area (Å²) >= 11 is 6.09. The molecular formula is C27H36ClN3O3. The first kappa shape index (κ1) is 26.0. The largest absolute Gasteiger partial charge is 0.505 e. The maximum Gasteiger partial charge on any atom is 0.306 e. The van der Waals surface area contributed by atoms with Crippen LogP contribution in [0.15, 0.2) is 30.3 Å². The number of esters is 1. The van der Waals surface area contributed by atoms with Crippen molar-refractivity contribution in [2.24, 2.45) is 5.92 Å². The Morgan fingerprint density at radius 1 is 1.09 bits per heavy atom. The Kier molecular flexibility index (Phi) is 8.58. The van der Waals surface area contributed by atoms with Crippen molar-refractivity contribution >= 4 is 28.6 Å². The molecule has 7 heteroatoms. The van der Waals surface area contributed by atoms with Gasteiger partial charge in [0.1, 0.15) is 22.5 Å². The van der Waals surface area contributed by atoms with Crippen LogP contribution < -0.4 is 0 Å². The highest BCUT2D eigenvalue weighted by atomic mass is 35.5. The molecule has 6 nitrogen and oxygen atoms in total. The number of benzene rings is 2. The molecule has 0 unspecified atom stereocenters. The zero-order valence-electron chi connectivity index (χ0n) is 20.9. The summed E-state index contributed by atoms with van der Waals surface area (Å²) in [4.78, 5) is 13.7. The molecule has 3 aromatic rings. The number of ether oxygens (including phenoxy) is 1. The summed E-state index contributed by atoms with van der Waals surface area (Å²) in [6.45, 7) is 11.0. The summed E-state index contributed by atoms with van der Waals surface area (Å²) in [5.41, 5.74) is 3.20. The highest BCUT2D eigenvalue weighted by Gasteiger charge is 2.23. The van der Waals surface area contributed by atoms with Gasteiger partial charge in [0.15, 0.2) is 0 Å². The van der Waals surface area contributed by atoms with Crippen LogP contribution in [0.25, 0.3) is 16.7 Å². The Hall–Kier alpha value is -2.60. The van der Waals surface area contributed by atoms with E-state index in [1.807, 2.05) is 32.9 Å². The van der Waals surface area contributed by atoms with Gasteiger partial charge in [0.05, 0.1) is 6.61 Å². The van der Waals surface area contributed by atoms with Gasteiger partial charge in [0.2, 0.25) is 0 Å². The number of aromatic nitrogens is 3. The van der Waals surface area contributed by atoms with E-state index in [1.165, 1.54) is 17.6 Å². The number of hydrogen-bond acceptors (Lipinski definition) is 5. The molecule has 0 fully saturated rings. The quantitative estimate of drug-likeness (QED) is 0.253. The number of hydrogen-bond donors (Lipinski definition) is 1. The number of aryl methyl sites for hydroxylation is 1. The second-order valence-corrected chi connectivity index (χ2v) is 10.8. The number of carbonyl (C=O) groups excluding carboxylic acids is 1. The van der Waals surface area contributed by atoms with Gasteiger partial charge < -0.3 is 9.84 Å². The van der Waals surface area contributed by atoms with E-state index in [0.717, 1.165) is 24.0 Å². The minimum Gasteiger partial charge on any atom is -0.505 e. The summed E-state index contributed by atoms with van der Waals surface area (Å²) in [5, 5.41) is 20.7. The van der Waals surface area contributed by atoms with Crippen LogP contribution >= 0.6 is 11.6 Å². The molecule has 0 saturated carbocycles. The molecule has 3 rings (SSSR count). The Bertz CT molecular complexity index is 1130. The molecule has 0 aliphatic rings. The smallest absolute Gasteiger partial charge is 0.306 e. The number of phenols is 1. The van der Waals surface area contributed by atoms with Crippen molar-refractivity contribution in [2.45, 2.75) is 78.6 Å². The average Bonchev–Trinajstić information content (AvgIpc) is 3.17. The molecule has 1 N–H and O–H groups in total. The molecule has 0 bridgehead atoms. The van der Waals surface area contributed by atoms with Crippen molar-refractivity contribution in [3.63, 3.8) is 0 Å². The predicted octanol–water partition coefficient (Wildman–Crippen LogP) is 6.77. The minimum atomic E-state index is -0.304. The van der Waals surface area contributed by atoms with Crippen LogP contribution in [-0.4, -0.2) is 32.7 Å². The summed E-state index contributed by atoms with van der Waals surface area (Å²) in [6, 6.07) is 9.09. The molecule has 2 aromatic carbocycles. The van der Waals surface area contributed by atoms with Gasteiger partial charge in [-0.15, -0.1) is 15.0 Å². The fraction of sp³-hybridized carbons (Fsp3) is 0.519. The zero-order chi connectivity index (χ0) is 24.9. The van der Waals surface area contributed by atoms with Crippen molar-refractivity contribution < 1.29 is 14.6 Å². The minimum absolute atomic E-state index is 0.131. The number of aromatic hydroxyl groups is 1. The van der Waals surface area contributed by atoms with Crippen LogP contribution in [0.3, 0.4) is 0 Å². The number of fused-ring (bicyclic) bond motifs is 1. The molecule has 0 spiro atoms. The van der Waals surface area contributed by atoms with Crippen molar-refractivity contribution in [1.82, 2.24) is 15.0 Å². The Morgan fingerprint density at radius 2 is 1.82 bits per heavy atom.